The zero-order chi connectivity index (χ0) is 17.6. The molecule has 0 aromatic heterocycles. The minimum absolute atomic E-state index is 0.105. The van der Waals surface area contributed by atoms with Crippen molar-refractivity contribution in [3.8, 4) is 0 Å². The zero-order valence-electron chi connectivity index (χ0n) is 15.1. The number of likely N-dealkylation sites (tertiary alicyclic amines) is 1. The molecule has 3 aliphatic rings. The van der Waals surface area contributed by atoms with Crippen LogP contribution in [0.3, 0.4) is 0 Å². The monoisotopic (exact) mass is 342 g/mol. The van der Waals surface area contributed by atoms with Crippen molar-refractivity contribution in [2.45, 2.75) is 57.7 Å². The standard InChI is InChI=1S/C20H26N2O3/c1-14-4-5-16(15(2)12-14)6-7-18(23)21-10-8-20-17(21)13-19(24)22(20)9-3-11-25-20/h4-5,12,17H,3,6-11,13H2,1-2H3/t17-,20+/m1/s1. The Labute approximate surface area is 148 Å². The van der Waals surface area contributed by atoms with E-state index in [1.165, 1.54) is 16.7 Å². The number of rotatable bonds is 3. The minimum Gasteiger partial charge on any atom is -0.353 e. The van der Waals surface area contributed by atoms with Gasteiger partial charge in [0.1, 0.15) is 0 Å². The molecule has 3 heterocycles. The molecular weight excluding hydrogens is 316 g/mol. The zero-order valence-corrected chi connectivity index (χ0v) is 15.1. The third-order valence-corrected chi connectivity index (χ3v) is 6.04. The topological polar surface area (TPSA) is 49.9 Å². The van der Waals surface area contributed by atoms with Gasteiger partial charge in [-0.05, 0) is 37.8 Å². The molecule has 5 heteroatoms. The average Bonchev–Trinajstić information content (AvgIpc) is 3.06. The number of ether oxygens (including phenoxy) is 1. The Kier molecular flexibility index (Phi) is 4.07. The first-order valence-electron chi connectivity index (χ1n) is 9.31. The fourth-order valence-corrected chi connectivity index (χ4v) is 4.76. The lowest BCUT2D eigenvalue weighted by Crippen LogP contribution is -2.56. The number of benzene rings is 1. The number of nitrogens with zero attached hydrogens (tertiary/aromatic N) is 2. The van der Waals surface area contributed by atoms with Crippen molar-refractivity contribution in [2.24, 2.45) is 0 Å². The second kappa shape index (κ2) is 6.13. The first-order valence-corrected chi connectivity index (χ1v) is 9.31. The molecule has 3 fully saturated rings. The molecule has 0 bridgehead atoms. The first-order chi connectivity index (χ1) is 12.0. The van der Waals surface area contributed by atoms with E-state index < -0.39 is 5.72 Å². The van der Waals surface area contributed by atoms with Crippen LogP contribution < -0.4 is 0 Å². The summed E-state index contributed by atoms with van der Waals surface area (Å²) in [5.41, 5.74) is 3.17. The minimum atomic E-state index is -0.537. The summed E-state index contributed by atoms with van der Waals surface area (Å²) in [6, 6.07) is 6.27. The molecule has 1 spiro atoms. The van der Waals surface area contributed by atoms with Crippen molar-refractivity contribution in [1.29, 1.82) is 0 Å². The lowest BCUT2D eigenvalue weighted by molar-refractivity contribution is -0.181. The molecule has 0 N–H and O–H groups in total. The normalized spacial score (nSPS) is 28.2. The molecule has 2 amide bonds. The molecule has 0 unspecified atom stereocenters. The van der Waals surface area contributed by atoms with E-state index >= 15 is 0 Å². The van der Waals surface area contributed by atoms with Crippen LogP contribution in [-0.4, -0.2) is 53.1 Å². The van der Waals surface area contributed by atoms with Crippen LogP contribution in [0.25, 0.3) is 0 Å². The third kappa shape index (κ3) is 2.65. The molecule has 0 saturated carbocycles. The van der Waals surface area contributed by atoms with Gasteiger partial charge in [0.25, 0.3) is 0 Å². The van der Waals surface area contributed by atoms with Crippen LogP contribution in [0.1, 0.15) is 42.4 Å². The van der Waals surface area contributed by atoms with Gasteiger partial charge in [0, 0.05) is 25.9 Å². The fraction of sp³-hybridized carbons (Fsp3) is 0.600. The van der Waals surface area contributed by atoms with Gasteiger partial charge < -0.3 is 14.5 Å². The first kappa shape index (κ1) is 16.6. The molecule has 3 aliphatic heterocycles. The quantitative estimate of drug-likeness (QED) is 0.846. The Morgan fingerprint density at radius 3 is 2.96 bits per heavy atom. The van der Waals surface area contributed by atoms with Crippen LogP contribution in [-0.2, 0) is 20.7 Å². The molecular formula is C20H26N2O3. The number of hydrogen-bond donors (Lipinski definition) is 0. The molecule has 134 valence electrons. The summed E-state index contributed by atoms with van der Waals surface area (Å²) in [6.45, 7) is 6.32. The molecule has 25 heavy (non-hydrogen) atoms. The van der Waals surface area contributed by atoms with Gasteiger partial charge in [-0.3, -0.25) is 9.59 Å². The summed E-state index contributed by atoms with van der Waals surface area (Å²) in [5.74, 6) is 0.280. The summed E-state index contributed by atoms with van der Waals surface area (Å²) < 4.78 is 6.07. The number of hydrogen-bond acceptors (Lipinski definition) is 3. The molecule has 3 saturated heterocycles. The van der Waals surface area contributed by atoms with Crippen LogP contribution in [0.5, 0.6) is 0 Å². The van der Waals surface area contributed by atoms with E-state index in [0.29, 0.717) is 26.0 Å². The molecule has 5 nitrogen and oxygen atoms in total. The van der Waals surface area contributed by atoms with Crippen molar-refractivity contribution >= 4 is 11.8 Å². The van der Waals surface area contributed by atoms with Crippen molar-refractivity contribution in [3.05, 3.63) is 34.9 Å². The maximum absolute atomic E-state index is 12.9. The number of carbonyl (C=O) groups excluding carboxylic acids is 2. The number of amides is 2. The largest absolute Gasteiger partial charge is 0.353 e. The van der Waals surface area contributed by atoms with Gasteiger partial charge in [-0.25, -0.2) is 0 Å². The van der Waals surface area contributed by atoms with Gasteiger partial charge >= 0.3 is 0 Å². The Morgan fingerprint density at radius 2 is 2.16 bits per heavy atom. The van der Waals surface area contributed by atoms with Gasteiger partial charge in [-0.2, -0.15) is 0 Å². The van der Waals surface area contributed by atoms with E-state index in [4.69, 9.17) is 4.74 Å². The summed E-state index contributed by atoms with van der Waals surface area (Å²) in [7, 11) is 0. The van der Waals surface area contributed by atoms with Gasteiger partial charge in [-0.1, -0.05) is 23.8 Å². The molecule has 1 aromatic carbocycles. The maximum Gasteiger partial charge on any atom is 0.227 e. The fourth-order valence-electron chi connectivity index (χ4n) is 4.76. The van der Waals surface area contributed by atoms with Gasteiger partial charge in [-0.15, -0.1) is 0 Å². The Morgan fingerprint density at radius 1 is 1.32 bits per heavy atom. The predicted molar refractivity (Wildman–Crippen MR) is 94.0 cm³/mol. The second-order valence-electron chi connectivity index (χ2n) is 7.58. The number of carbonyl (C=O) groups is 2. The Balaban J connectivity index is 1.45. The van der Waals surface area contributed by atoms with Crippen molar-refractivity contribution in [3.63, 3.8) is 0 Å². The summed E-state index contributed by atoms with van der Waals surface area (Å²) in [6.07, 6.45) is 3.29. The third-order valence-electron chi connectivity index (χ3n) is 6.04. The van der Waals surface area contributed by atoms with Gasteiger partial charge in [0.2, 0.25) is 11.8 Å². The van der Waals surface area contributed by atoms with Crippen molar-refractivity contribution in [1.82, 2.24) is 9.80 Å². The van der Waals surface area contributed by atoms with E-state index in [0.717, 1.165) is 25.8 Å². The molecule has 0 aliphatic carbocycles. The highest BCUT2D eigenvalue weighted by Gasteiger charge is 2.61. The smallest absolute Gasteiger partial charge is 0.227 e. The van der Waals surface area contributed by atoms with Crippen LogP contribution in [0.2, 0.25) is 0 Å². The lowest BCUT2D eigenvalue weighted by atomic mass is 10.0. The molecule has 2 atom stereocenters. The number of aryl methyl sites for hydroxylation is 3. The van der Waals surface area contributed by atoms with Crippen LogP contribution >= 0.6 is 0 Å². The van der Waals surface area contributed by atoms with E-state index in [2.05, 4.69) is 32.0 Å². The maximum atomic E-state index is 12.9. The summed E-state index contributed by atoms with van der Waals surface area (Å²) in [5, 5.41) is 0. The summed E-state index contributed by atoms with van der Waals surface area (Å²) >= 11 is 0. The highest BCUT2D eigenvalue weighted by Crippen LogP contribution is 2.45. The predicted octanol–water partition coefficient (Wildman–Crippen LogP) is 2.19. The Bertz CT molecular complexity index is 717. The van der Waals surface area contributed by atoms with E-state index in [1.807, 2.05) is 9.80 Å². The van der Waals surface area contributed by atoms with E-state index in [9.17, 15) is 9.59 Å². The average molecular weight is 342 g/mol. The Hall–Kier alpha value is -1.88. The highest BCUT2D eigenvalue weighted by molar-refractivity contribution is 5.84. The van der Waals surface area contributed by atoms with Crippen LogP contribution in [0, 0.1) is 13.8 Å². The van der Waals surface area contributed by atoms with Crippen molar-refractivity contribution in [2.75, 3.05) is 19.7 Å². The molecule has 0 radical (unpaired) electrons. The van der Waals surface area contributed by atoms with Gasteiger partial charge in [0.15, 0.2) is 5.72 Å². The molecule has 4 rings (SSSR count). The van der Waals surface area contributed by atoms with Crippen LogP contribution in [0.4, 0.5) is 0 Å². The lowest BCUT2D eigenvalue weighted by Gasteiger charge is -2.42. The second-order valence-corrected chi connectivity index (χ2v) is 7.58. The highest BCUT2D eigenvalue weighted by atomic mass is 16.5. The summed E-state index contributed by atoms with van der Waals surface area (Å²) in [4.78, 5) is 29.0. The van der Waals surface area contributed by atoms with Gasteiger partial charge in [0.05, 0.1) is 19.1 Å². The van der Waals surface area contributed by atoms with E-state index in [-0.39, 0.29) is 17.9 Å². The van der Waals surface area contributed by atoms with E-state index in [1.54, 1.807) is 0 Å². The molecule has 1 aromatic rings. The van der Waals surface area contributed by atoms with Crippen molar-refractivity contribution < 1.29 is 14.3 Å². The van der Waals surface area contributed by atoms with Crippen LogP contribution in [0.15, 0.2) is 18.2 Å². The SMILES string of the molecule is Cc1ccc(CCC(=O)N2CC[C@@]34OCCCN3C(=O)C[C@@H]24)c(C)c1.